The van der Waals surface area contributed by atoms with Crippen molar-refractivity contribution < 1.29 is 9.18 Å². The van der Waals surface area contributed by atoms with Crippen LogP contribution in [0.25, 0.3) is 11.4 Å². The maximum atomic E-state index is 13.0. The van der Waals surface area contributed by atoms with Gasteiger partial charge in [0, 0.05) is 23.1 Å². The number of thiazole rings is 1. The molecule has 30 heavy (non-hydrogen) atoms. The number of benzene rings is 2. The monoisotopic (exact) mass is 439 g/mol. The summed E-state index contributed by atoms with van der Waals surface area (Å²) in [6.07, 6.45) is 2.34. The quantitative estimate of drug-likeness (QED) is 0.426. The fourth-order valence-corrected chi connectivity index (χ4v) is 4.08. The van der Waals surface area contributed by atoms with Crippen molar-refractivity contribution in [2.75, 3.05) is 5.32 Å². The molecule has 0 saturated carbocycles. The summed E-state index contributed by atoms with van der Waals surface area (Å²) < 4.78 is 15.1. The molecule has 152 valence electrons. The second-order valence-electron chi connectivity index (χ2n) is 6.79. The molecule has 2 aromatic carbocycles. The summed E-state index contributed by atoms with van der Waals surface area (Å²) in [6, 6.07) is 14.2. The van der Waals surface area contributed by atoms with E-state index < -0.39 is 0 Å². The standard InChI is InChI=1S/C21H18FN5OS2/c1-13-3-2-4-15(9-13)19-25-26-21(29)27(19)12-18(28)24-20-23-11-17(30-20)10-14-5-7-16(22)8-6-14/h2-9,11H,10,12H2,1H3,(H,26,29)(H,23,24,28). The van der Waals surface area contributed by atoms with Gasteiger partial charge in [-0.05, 0) is 42.9 Å². The first kappa shape index (κ1) is 20.1. The van der Waals surface area contributed by atoms with E-state index in [4.69, 9.17) is 12.2 Å². The van der Waals surface area contributed by atoms with Gasteiger partial charge < -0.3 is 5.32 Å². The van der Waals surface area contributed by atoms with Crippen molar-refractivity contribution in [3.8, 4) is 11.4 Å². The number of amides is 1. The molecule has 2 aromatic heterocycles. The number of rotatable bonds is 6. The van der Waals surface area contributed by atoms with E-state index in [0.717, 1.165) is 21.6 Å². The zero-order valence-electron chi connectivity index (χ0n) is 16.1. The van der Waals surface area contributed by atoms with E-state index in [1.807, 2.05) is 31.2 Å². The van der Waals surface area contributed by atoms with Gasteiger partial charge in [-0.25, -0.2) is 9.37 Å². The normalized spacial score (nSPS) is 10.9. The number of nitrogens with one attached hydrogen (secondary N) is 2. The van der Waals surface area contributed by atoms with Crippen LogP contribution in [0, 0.1) is 17.5 Å². The lowest BCUT2D eigenvalue weighted by atomic mass is 10.1. The number of H-pyrrole nitrogens is 1. The largest absolute Gasteiger partial charge is 0.300 e. The fourth-order valence-electron chi connectivity index (χ4n) is 3.02. The highest BCUT2D eigenvalue weighted by molar-refractivity contribution is 7.71. The molecule has 0 spiro atoms. The summed E-state index contributed by atoms with van der Waals surface area (Å²) in [5.74, 6) is 0.0953. The third-order valence-corrected chi connectivity index (χ3v) is 5.65. The molecule has 9 heteroatoms. The minimum atomic E-state index is -0.265. The summed E-state index contributed by atoms with van der Waals surface area (Å²) in [6.45, 7) is 2.01. The Hall–Kier alpha value is -3.17. The van der Waals surface area contributed by atoms with Gasteiger partial charge in [-0.15, -0.1) is 11.3 Å². The molecule has 4 aromatic rings. The van der Waals surface area contributed by atoms with Crippen LogP contribution in [-0.4, -0.2) is 25.7 Å². The van der Waals surface area contributed by atoms with E-state index in [1.54, 1.807) is 22.9 Å². The molecular formula is C21H18FN5OS2. The van der Waals surface area contributed by atoms with Gasteiger partial charge in [-0.1, -0.05) is 35.9 Å². The van der Waals surface area contributed by atoms with Crippen LogP contribution in [0.1, 0.15) is 16.0 Å². The van der Waals surface area contributed by atoms with Gasteiger partial charge in [-0.3, -0.25) is 14.5 Å². The Labute approximate surface area is 181 Å². The lowest BCUT2D eigenvalue weighted by Crippen LogP contribution is -2.19. The smallest absolute Gasteiger partial charge is 0.246 e. The van der Waals surface area contributed by atoms with Crippen molar-refractivity contribution >= 4 is 34.6 Å². The number of hydrogen-bond acceptors (Lipinski definition) is 5. The average Bonchev–Trinajstić information content (AvgIpc) is 3.30. The Morgan fingerprint density at radius 3 is 2.83 bits per heavy atom. The van der Waals surface area contributed by atoms with Gasteiger partial charge in [0.1, 0.15) is 12.4 Å². The Morgan fingerprint density at radius 2 is 2.07 bits per heavy atom. The number of halogens is 1. The maximum absolute atomic E-state index is 13.0. The first-order valence-corrected chi connectivity index (χ1v) is 10.4. The number of carbonyl (C=O) groups is 1. The van der Waals surface area contributed by atoms with Crippen molar-refractivity contribution in [1.82, 2.24) is 19.7 Å². The molecule has 0 unspecified atom stereocenters. The fraction of sp³-hybridized carbons (Fsp3) is 0.143. The maximum Gasteiger partial charge on any atom is 0.246 e. The topological polar surface area (TPSA) is 75.6 Å². The van der Waals surface area contributed by atoms with Crippen molar-refractivity contribution in [3.63, 3.8) is 0 Å². The summed E-state index contributed by atoms with van der Waals surface area (Å²) >= 11 is 6.68. The summed E-state index contributed by atoms with van der Waals surface area (Å²) in [5.41, 5.74) is 2.95. The van der Waals surface area contributed by atoms with E-state index in [1.165, 1.54) is 23.5 Å². The van der Waals surface area contributed by atoms with Gasteiger partial charge in [0.15, 0.2) is 15.7 Å². The Balaban J connectivity index is 1.45. The summed E-state index contributed by atoms with van der Waals surface area (Å²) in [4.78, 5) is 17.8. The van der Waals surface area contributed by atoms with Crippen LogP contribution in [0.3, 0.4) is 0 Å². The van der Waals surface area contributed by atoms with Crippen LogP contribution < -0.4 is 5.32 Å². The molecule has 4 rings (SSSR count). The molecule has 0 radical (unpaired) electrons. The SMILES string of the molecule is Cc1cccc(-c2n[nH]c(=S)n2CC(=O)Nc2ncc(Cc3ccc(F)cc3)s2)c1. The zero-order chi connectivity index (χ0) is 21.1. The highest BCUT2D eigenvalue weighted by atomic mass is 32.1. The van der Waals surface area contributed by atoms with Crippen molar-refractivity contribution in [2.24, 2.45) is 0 Å². The van der Waals surface area contributed by atoms with Crippen LogP contribution in [0.2, 0.25) is 0 Å². The van der Waals surface area contributed by atoms with E-state index in [-0.39, 0.29) is 18.3 Å². The minimum Gasteiger partial charge on any atom is -0.300 e. The molecular weight excluding hydrogens is 421 g/mol. The molecule has 0 aliphatic heterocycles. The minimum absolute atomic E-state index is 0.0193. The number of aromatic nitrogens is 4. The van der Waals surface area contributed by atoms with Crippen LogP contribution in [0.4, 0.5) is 9.52 Å². The van der Waals surface area contributed by atoms with Crippen LogP contribution in [0.15, 0.2) is 54.7 Å². The van der Waals surface area contributed by atoms with Crippen molar-refractivity contribution in [2.45, 2.75) is 19.9 Å². The van der Waals surface area contributed by atoms with E-state index >= 15 is 0 Å². The van der Waals surface area contributed by atoms with Gasteiger partial charge >= 0.3 is 0 Å². The van der Waals surface area contributed by atoms with Gasteiger partial charge in [-0.2, -0.15) is 5.10 Å². The second-order valence-corrected chi connectivity index (χ2v) is 8.29. The van der Waals surface area contributed by atoms with E-state index in [2.05, 4.69) is 20.5 Å². The number of carbonyl (C=O) groups excluding carboxylic acids is 1. The number of aryl methyl sites for hydroxylation is 1. The second kappa shape index (κ2) is 8.68. The van der Waals surface area contributed by atoms with E-state index in [0.29, 0.717) is 22.1 Å². The Kier molecular flexibility index (Phi) is 5.82. The lowest BCUT2D eigenvalue weighted by molar-refractivity contribution is -0.116. The molecule has 0 aliphatic rings. The molecule has 0 bridgehead atoms. The summed E-state index contributed by atoms with van der Waals surface area (Å²) in [7, 11) is 0. The third-order valence-electron chi connectivity index (χ3n) is 4.43. The van der Waals surface area contributed by atoms with Gasteiger partial charge in [0.05, 0.1) is 0 Å². The molecule has 0 atom stereocenters. The Bertz CT molecular complexity index is 1240. The van der Waals surface area contributed by atoms with E-state index in [9.17, 15) is 9.18 Å². The number of aromatic amines is 1. The first-order valence-electron chi connectivity index (χ1n) is 9.19. The van der Waals surface area contributed by atoms with Crippen LogP contribution in [-0.2, 0) is 17.8 Å². The number of nitrogens with zero attached hydrogens (tertiary/aromatic N) is 3. The molecule has 2 heterocycles. The predicted octanol–water partition coefficient (Wildman–Crippen LogP) is 4.74. The lowest BCUT2D eigenvalue weighted by Gasteiger charge is -2.07. The highest BCUT2D eigenvalue weighted by Crippen LogP contribution is 2.22. The molecule has 2 N–H and O–H groups in total. The van der Waals surface area contributed by atoms with Gasteiger partial charge in [0.25, 0.3) is 0 Å². The summed E-state index contributed by atoms with van der Waals surface area (Å²) in [5, 5.41) is 10.3. The van der Waals surface area contributed by atoms with Gasteiger partial charge in [0.2, 0.25) is 5.91 Å². The molecule has 1 amide bonds. The molecule has 0 aliphatic carbocycles. The van der Waals surface area contributed by atoms with Crippen molar-refractivity contribution in [3.05, 3.63) is 81.3 Å². The average molecular weight is 440 g/mol. The first-order chi connectivity index (χ1) is 14.5. The predicted molar refractivity (Wildman–Crippen MR) is 118 cm³/mol. The van der Waals surface area contributed by atoms with Crippen molar-refractivity contribution in [1.29, 1.82) is 0 Å². The Morgan fingerprint density at radius 1 is 1.27 bits per heavy atom. The molecule has 0 saturated heterocycles. The molecule has 0 fully saturated rings. The molecule has 6 nitrogen and oxygen atoms in total. The number of hydrogen-bond donors (Lipinski definition) is 2. The third kappa shape index (κ3) is 4.69. The van der Waals surface area contributed by atoms with Crippen LogP contribution >= 0.6 is 23.6 Å². The highest BCUT2D eigenvalue weighted by Gasteiger charge is 2.14. The van der Waals surface area contributed by atoms with Crippen LogP contribution in [0.5, 0.6) is 0 Å². The number of anilines is 1. The zero-order valence-corrected chi connectivity index (χ0v) is 17.7.